The Balaban J connectivity index is 1.19. The van der Waals surface area contributed by atoms with Gasteiger partial charge in [-0.25, -0.2) is 0 Å². The van der Waals surface area contributed by atoms with Crippen molar-refractivity contribution in [3.05, 3.63) is 269 Å². The Morgan fingerprint density at radius 3 is 1.48 bits per heavy atom. The quantitative estimate of drug-likeness (QED) is 0.179. The van der Waals surface area contributed by atoms with Crippen LogP contribution < -0.4 is 13.5 Å². The number of thioether (sulfide) groups is 1. The second-order valence-electron chi connectivity index (χ2n) is 15.5. The first-order valence-corrected chi connectivity index (χ1v) is 25.4. The molecule has 0 fully saturated rings. The average molecular weight is 946 g/mol. The van der Waals surface area contributed by atoms with Gasteiger partial charge >= 0.3 is 375 Å². The predicted octanol–water partition coefficient (Wildman–Crippen LogP) is 9.39. The van der Waals surface area contributed by atoms with Crippen molar-refractivity contribution >= 4 is 74.5 Å². The van der Waals surface area contributed by atoms with Crippen LogP contribution in [0.4, 0.5) is 0 Å². The molecule has 7 heterocycles. The van der Waals surface area contributed by atoms with E-state index in [0.717, 1.165) is 22.8 Å². The normalized spacial score (nSPS) is 25.7. The number of hydrogen-bond donors (Lipinski definition) is 1. The Kier molecular flexibility index (Phi) is 11.0. The third kappa shape index (κ3) is 7.80. The van der Waals surface area contributed by atoms with Crippen molar-refractivity contribution in [3.8, 4) is 0 Å². The van der Waals surface area contributed by atoms with Crippen LogP contribution in [0.25, 0.3) is 22.3 Å². The Hall–Kier alpha value is -5.81. The van der Waals surface area contributed by atoms with Gasteiger partial charge in [0.25, 0.3) is 0 Å². The van der Waals surface area contributed by atoms with Gasteiger partial charge < -0.3 is 0 Å². The summed E-state index contributed by atoms with van der Waals surface area (Å²) in [5, 5.41) is 4.09. The van der Waals surface area contributed by atoms with Crippen LogP contribution in [0.5, 0.6) is 0 Å². The van der Waals surface area contributed by atoms with Crippen LogP contribution in [0.15, 0.2) is 240 Å². The first kappa shape index (κ1) is 39.1. The summed E-state index contributed by atoms with van der Waals surface area (Å²) in [7, 11) is 0. The zero-order valence-corrected chi connectivity index (χ0v) is 38.0. The van der Waals surface area contributed by atoms with Crippen LogP contribution >= 0.6 is 11.8 Å². The molecule has 4 unspecified atom stereocenters. The summed E-state index contributed by atoms with van der Waals surface area (Å²) in [6, 6.07) is 52.9. The van der Waals surface area contributed by atoms with Crippen molar-refractivity contribution in [2.75, 3.05) is 0 Å². The summed E-state index contributed by atoms with van der Waals surface area (Å²) in [5.41, 5.74) is 13.8. The Morgan fingerprint density at radius 1 is 0.403 bits per heavy atom. The fraction of sp³-hybridized carbons (Fsp3) is 0.0714. The Bertz CT molecular complexity index is 3230. The fourth-order valence-electron chi connectivity index (χ4n) is 8.76. The molecule has 3 nitrogen and oxygen atoms in total. The van der Waals surface area contributed by atoms with Crippen LogP contribution in [0.3, 0.4) is 0 Å². The van der Waals surface area contributed by atoms with Gasteiger partial charge in [0, 0.05) is 0 Å². The minimum absolute atomic E-state index is 0.0109. The van der Waals surface area contributed by atoms with E-state index >= 15 is 0 Å². The Labute approximate surface area is 378 Å². The molecule has 2 aromatic heterocycles. The van der Waals surface area contributed by atoms with Crippen LogP contribution in [0, 0.1) is 8.19 Å². The molecule has 6 heteroatoms. The van der Waals surface area contributed by atoms with Gasteiger partial charge in [-0.3, -0.25) is 0 Å². The van der Waals surface area contributed by atoms with Gasteiger partial charge in [-0.1, -0.05) is 6.07 Å². The molecule has 298 valence electrons. The van der Waals surface area contributed by atoms with E-state index in [1.165, 1.54) is 60.9 Å². The van der Waals surface area contributed by atoms with Crippen molar-refractivity contribution in [2.24, 2.45) is 9.98 Å². The number of allylic oxidation sites excluding steroid dienone is 7. The summed E-state index contributed by atoms with van der Waals surface area (Å²) >= 11 is 2.19. The maximum absolute atomic E-state index is 5.60. The van der Waals surface area contributed by atoms with Gasteiger partial charge in [-0.05, 0) is 0 Å². The second kappa shape index (κ2) is 17.5. The number of aliphatic imine (C=N–C) groups is 2. The maximum atomic E-state index is 5.60. The summed E-state index contributed by atoms with van der Waals surface area (Å²) in [5.74, 6) is 0. The van der Waals surface area contributed by atoms with Crippen molar-refractivity contribution < 1.29 is 0 Å². The summed E-state index contributed by atoms with van der Waals surface area (Å²) < 4.78 is 5.67. The second-order valence-corrected chi connectivity index (χ2v) is 21.4. The molecule has 0 saturated carbocycles. The molecule has 5 aliphatic rings. The first-order valence-electron chi connectivity index (χ1n) is 21.0. The van der Waals surface area contributed by atoms with E-state index in [4.69, 9.17) is 9.98 Å². The number of nitrogens with one attached hydrogen (secondary N) is 1. The molecule has 4 atom stereocenters. The van der Waals surface area contributed by atoms with Crippen LogP contribution in [0.2, 0.25) is 0 Å². The summed E-state index contributed by atoms with van der Waals surface area (Å²) in [4.78, 5) is 11.1. The molecule has 12 bridgehead atoms. The zero-order valence-electron chi connectivity index (χ0n) is 33.7. The van der Waals surface area contributed by atoms with Gasteiger partial charge in [0.1, 0.15) is 0 Å². The molecular weight excluding hydrogens is 905 g/mol. The van der Waals surface area contributed by atoms with E-state index in [1.54, 1.807) is 0 Å². The van der Waals surface area contributed by atoms with Crippen molar-refractivity contribution in [3.63, 3.8) is 0 Å². The van der Waals surface area contributed by atoms with E-state index in [2.05, 4.69) is 224 Å². The molecule has 6 aromatic rings. The standard InChI is InChI=1S/C56H41N3SSe2/c1-5-17-37(18-6-1)53-44-30-29-42(58-44)41-25-13-14-26-43(57-41)55(39-21-9-3-10-22-39)51-35-33-49(61-51)50-34-36-52(62-50)56(40-23-11-4-12-24-40)46-32-31-45(59-46)54(38-19-7-2-8-20-38)48-28-16-15-27-47(53)60-48/h1-36,41,43,47-48,57H/b50-49?,53-44-,54-45+,55-51+,56-52+. The van der Waals surface area contributed by atoms with Crippen molar-refractivity contribution in [2.45, 2.75) is 22.6 Å². The zero-order chi connectivity index (χ0) is 41.2. The van der Waals surface area contributed by atoms with E-state index in [9.17, 15) is 0 Å². The fourth-order valence-corrected chi connectivity index (χ4v) is 15.4. The molecular formula is C56H41N3SSe2. The molecule has 11 rings (SSSR count). The summed E-state index contributed by atoms with van der Waals surface area (Å²) in [6.45, 7) is 0. The van der Waals surface area contributed by atoms with Gasteiger partial charge in [0.15, 0.2) is 0 Å². The molecule has 1 N–H and O–H groups in total. The first-order chi connectivity index (χ1) is 30.7. The number of rotatable bonds is 4. The molecule has 0 amide bonds. The SMILES string of the molecule is C1=CC2NC(C=C1)/C(c1ccccc1)=c1\ccc([se]1)=c1cc/c([se]1)=C(/c1ccccc1)C1=N/C(=C(\c3ccccc3)C3C=CC=CC(S3)/C(c3ccccc3)=C3/C=CC2=N3)C=C1. The number of fused-ring (bicyclic) bond motifs is 11. The van der Waals surface area contributed by atoms with Crippen LogP contribution in [-0.2, 0) is 0 Å². The van der Waals surface area contributed by atoms with Crippen molar-refractivity contribution in [1.29, 1.82) is 0 Å². The van der Waals surface area contributed by atoms with Gasteiger partial charge in [-0.15, -0.1) is 0 Å². The average Bonchev–Trinajstić information content (AvgIpc) is 4.13. The van der Waals surface area contributed by atoms with E-state index in [0.29, 0.717) is 0 Å². The minimum atomic E-state index is -0.0822. The molecule has 0 radical (unpaired) electrons. The van der Waals surface area contributed by atoms with Gasteiger partial charge in [0.05, 0.1) is 0 Å². The monoisotopic (exact) mass is 947 g/mol. The molecule has 0 spiro atoms. The number of hydrogen-bond acceptors (Lipinski definition) is 4. The predicted molar refractivity (Wildman–Crippen MR) is 264 cm³/mol. The topological polar surface area (TPSA) is 36.8 Å². The third-order valence-corrected chi connectivity index (χ3v) is 18.5. The molecule has 4 aromatic carbocycles. The van der Waals surface area contributed by atoms with E-state index in [-0.39, 0.29) is 51.6 Å². The number of nitrogens with zero attached hydrogens (tertiary/aromatic N) is 2. The van der Waals surface area contributed by atoms with Crippen molar-refractivity contribution in [1.82, 2.24) is 5.32 Å². The third-order valence-electron chi connectivity index (χ3n) is 11.6. The summed E-state index contributed by atoms with van der Waals surface area (Å²) in [6.07, 6.45) is 27.0. The molecule has 62 heavy (non-hydrogen) atoms. The molecule has 0 aliphatic carbocycles. The Morgan fingerprint density at radius 2 is 0.871 bits per heavy atom. The van der Waals surface area contributed by atoms with Gasteiger partial charge in [0.2, 0.25) is 0 Å². The van der Waals surface area contributed by atoms with E-state index in [1.807, 2.05) is 11.8 Å². The molecule has 0 saturated heterocycles. The number of benzene rings is 4. The molecule has 5 aliphatic heterocycles. The van der Waals surface area contributed by atoms with Crippen LogP contribution in [0.1, 0.15) is 22.3 Å². The van der Waals surface area contributed by atoms with Gasteiger partial charge in [-0.2, -0.15) is 0 Å². The van der Waals surface area contributed by atoms with E-state index < -0.39 is 0 Å². The van der Waals surface area contributed by atoms with Crippen LogP contribution in [-0.4, -0.2) is 63.0 Å².